The lowest BCUT2D eigenvalue weighted by Crippen LogP contribution is -2.59. The number of halogens is 1. The van der Waals surface area contributed by atoms with Gasteiger partial charge in [0.25, 0.3) is 5.91 Å². The number of anilines is 1. The normalized spacial score (nSPS) is 25.2. The zero-order valence-electron chi connectivity index (χ0n) is 29.4. The Balaban J connectivity index is 1.53. The molecule has 2 bridgehead atoms. The van der Waals surface area contributed by atoms with E-state index in [0.717, 1.165) is 0 Å². The van der Waals surface area contributed by atoms with Crippen LogP contribution < -0.4 is 10.2 Å². The monoisotopic (exact) mass is 721 g/mol. The summed E-state index contributed by atoms with van der Waals surface area (Å²) in [7, 11) is 1.50. The molecule has 5 rings (SSSR count). The molecule has 2 aromatic rings. The first-order chi connectivity index (χ1) is 24.5. The summed E-state index contributed by atoms with van der Waals surface area (Å²) >= 11 is 6.16. The third kappa shape index (κ3) is 7.48. The topological polar surface area (TPSA) is 135 Å². The molecule has 0 unspecified atom stereocenters. The van der Waals surface area contributed by atoms with Crippen LogP contribution in [0.4, 0.5) is 5.69 Å². The standard InChI is InChI=1S/C39H48ClN3O8/c1-6-8-14-31(45)41-28(23-49-5)34(25-12-10-9-11-13-25)50-38(48)32-30-19-20-39(51-30)33(32)36(46)43(29(22-44)24(3)4)35(39)37(47)42(21-7-2)27-17-15-26(40)16-18-27/h6-7,9-13,15-18,24,28-30,32-35,44H,1-2,8,14,19-23H2,3-5H3,(H,41,45)/t28-,29-,30+,32-,33-,34-,35+,39-/m0/s1. The Labute approximate surface area is 304 Å². The first kappa shape index (κ1) is 38.2. The van der Waals surface area contributed by atoms with Gasteiger partial charge >= 0.3 is 5.97 Å². The van der Waals surface area contributed by atoms with Gasteiger partial charge in [0.05, 0.1) is 43.2 Å². The van der Waals surface area contributed by atoms with E-state index in [-0.39, 0.29) is 31.4 Å². The second-order valence-corrected chi connectivity index (χ2v) is 14.2. The average Bonchev–Trinajstić information content (AvgIpc) is 3.77. The zero-order valence-corrected chi connectivity index (χ0v) is 30.2. The van der Waals surface area contributed by atoms with Crippen LogP contribution in [-0.2, 0) is 33.4 Å². The minimum atomic E-state index is -1.34. The van der Waals surface area contributed by atoms with Crippen molar-refractivity contribution in [1.29, 1.82) is 0 Å². The van der Waals surface area contributed by atoms with Gasteiger partial charge in [0.1, 0.15) is 17.7 Å². The molecular weight excluding hydrogens is 674 g/mol. The Hall–Kier alpha value is -4.03. The number of likely N-dealkylation sites (tertiary alicyclic amines) is 1. The van der Waals surface area contributed by atoms with Crippen LogP contribution in [0.15, 0.2) is 79.9 Å². The summed E-state index contributed by atoms with van der Waals surface area (Å²) in [4.78, 5) is 59.9. The number of nitrogens with one attached hydrogen (secondary N) is 1. The molecule has 0 aliphatic carbocycles. The van der Waals surface area contributed by atoms with Crippen molar-refractivity contribution in [3.63, 3.8) is 0 Å². The van der Waals surface area contributed by atoms with E-state index >= 15 is 0 Å². The number of hydrogen-bond donors (Lipinski definition) is 2. The first-order valence-electron chi connectivity index (χ1n) is 17.5. The number of methoxy groups -OCH3 is 1. The highest BCUT2D eigenvalue weighted by Gasteiger charge is 2.76. The zero-order chi connectivity index (χ0) is 36.9. The maximum absolute atomic E-state index is 14.8. The van der Waals surface area contributed by atoms with Gasteiger partial charge in [0.15, 0.2) is 0 Å². The number of nitrogens with zero attached hydrogens (tertiary/aromatic N) is 2. The van der Waals surface area contributed by atoms with Gasteiger partial charge in [-0.15, -0.1) is 13.2 Å². The molecule has 2 N–H and O–H groups in total. The number of hydrogen-bond acceptors (Lipinski definition) is 8. The lowest BCUT2D eigenvalue weighted by Gasteiger charge is -2.40. The van der Waals surface area contributed by atoms with Crippen LogP contribution in [0, 0.1) is 17.8 Å². The van der Waals surface area contributed by atoms with Crippen LogP contribution in [0.25, 0.3) is 0 Å². The van der Waals surface area contributed by atoms with Crippen molar-refractivity contribution in [2.75, 3.05) is 31.8 Å². The number of ether oxygens (including phenoxy) is 3. The summed E-state index contributed by atoms with van der Waals surface area (Å²) in [5.41, 5.74) is -0.162. The third-order valence-electron chi connectivity index (χ3n) is 10.3. The fraction of sp³-hybridized carbons (Fsp3) is 0.487. The molecule has 11 nitrogen and oxygen atoms in total. The van der Waals surface area contributed by atoms with E-state index in [1.807, 2.05) is 19.9 Å². The highest BCUT2D eigenvalue weighted by molar-refractivity contribution is 6.30. The predicted octanol–water partition coefficient (Wildman–Crippen LogP) is 4.63. The van der Waals surface area contributed by atoms with Crippen molar-refractivity contribution < 1.29 is 38.5 Å². The predicted molar refractivity (Wildman–Crippen MR) is 193 cm³/mol. The van der Waals surface area contributed by atoms with Gasteiger partial charge in [-0.3, -0.25) is 19.2 Å². The van der Waals surface area contributed by atoms with E-state index < -0.39 is 72.2 Å². The molecule has 1 spiro atoms. The van der Waals surface area contributed by atoms with Crippen LogP contribution in [0.3, 0.4) is 0 Å². The van der Waals surface area contributed by atoms with Crippen molar-refractivity contribution in [3.8, 4) is 0 Å². The van der Waals surface area contributed by atoms with Gasteiger partial charge in [-0.05, 0) is 55.0 Å². The highest BCUT2D eigenvalue weighted by Crippen LogP contribution is 2.59. The lowest BCUT2D eigenvalue weighted by atomic mass is 9.70. The summed E-state index contributed by atoms with van der Waals surface area (Å²) in [6.45, 7) is 11.1. The Bertz CT molecular complexity index is 1590. The molecule has 3 aliphatic rings. The van der Waals surface area contributed by atoms with Crippen LogP contribution in [0.2, 0.25) is 5.02 Å². The lowest BCUT2D eigenvalue weighted by molar-refractivity contribution is -0.163. The van der Waals surface area contributed by atoms with Crippen molar-refractivity contribution in [2.45, 2.75) is 75.5 Å². The Morgan fingerprint density at radius 2 is 1.84 bits per heavy atom. The maximum atomic E-state index is 14.8. The molecule has 0 radical (unpaired) electrons. The summed E-state index contributed by atoms with van der Waals surface area (Å²) in [6, 6.07) is 13.2. The fourth-order valence-corrected chi connectivity index (χ4v) is 8.09. The molecule has 12 heteroatoms. The second kappa shape index (κ2) is 16.5. The molecular formula is C39H48ClN3O8. The highest BCUT2D eigenvalue weighted by atomic mass is 35.5. The molecule has 274 valence electrons. The van der Waals surface area contributed by atoms with E-state index in [9.17, 15) is 24.3 Å². The number of carbonyl (C=O) groups is 4. The number of aliphatic hydroxyl groups excluding tert-OH is 1. The van der Waals surface area contributed by atoms with Crippen molar-refractivity contribution in [3.05, 3.63) is 90.5 Å². The van der Waals surface area contributed by atoms with E-state index in [4.69, 9.17) is 25.8 Å². The number of rotatable bonds is 17. The number of allylic oxidation sites excluding steroid dienone is 1. The molecule has 8 atom stereocenters. The van der Waals surface area contributed by atoms with E-state index in [2.05, 4.69) is 18.5 Å². The third-order valence-corrected chi connectivity index (χ3v) is 10.5. The quantitative estimate of drug-likeness (QED) is 0.179. The Morgan fingerprint density at radius 3 is 2.45 bits per heavy atom. The van der Waals surface area contributed by atoms with Crippen LogP contribution in [0.1, 0.15) is 51.2 Å². The minimum Gasteiger partial charge on any atom is -0.455 e. The summed E-state index contributed by atoms with van der Waals surface area (Å²) in [5, 5.41) is 14.1. The number of carbonyl (C=O) groups excluding carboxylic acids is 4. The van der Waals surface area contributed by atoms with Gasteiger partial charge in [-0.2, -0.15) is 0 Å². The molecule has 3 fully saturated rings. The van der Waals surface area contributed by atoms with Crippen LogP contribution in [0.5, 0.6) is 0 Å². The molecule has 3 aliphatic heterocycles. The molecule has 51 heavy (non-hydrogen) atoms. The number of benzene rings is 2. The maximum Gasteiger partial charge on any atom is 0.313 e. The minimum absolute atomic E-state index is 0.0460. The van der Waals surface area contributed by atoms with E-state index in [0.29, 0.717) is 35.5 Å². The fourth-order valence-electron chi connectivity index (χ4n) is 7.96. The number of amides is 3. The molecule has 3 amide bonds. The molecule has 3 saturated heterocycles. The summed E-state index contributed by atoms with van der Waals surface area (Å²) < 4.78 is 18.4. The second-order valence-electron chi connectivity index (χ2n) is 13.7. The number of fused-ring (bicyclic) bond motifs is 1. The molecule has 0 aromatic heterocycles. The number of aliphatic hydroxyl groups is 1. The molecule has 3 heterocycles. The summed E-state index contributed by atoms with van der Waals surface area (Å²) in [5.74, 6) is -4.08. The van der Waals surface area contributed by atoms with Gasteiger partial charge in [-0.25, -0.2) is 0 Å². The largest absolute Gasteiger partial charge is 0.455 e. The van der Waals surface area contributed by atoms with Gasteiger partial charge in [-0.1, -0.05) is 67.9 Å². The van der Waals surface area contributed by atoms with Crippen LogP contribution in [-0.4, -0.2) is 90.4 Å². The van der Waals surface area contributed by atoms with Gasteiger partial charge in [0.2, 0.25) is 11.8 Å². The van der Waals surface area contributed by atoms with Crippen molar-refractivity contribution in [1.82, 2.24) is 10.2 Å². The molecule has 0 saturated carbocycles. The van der Waals surface area contributed by atoms with Crippen molar-refractivity contribution in [2.24, 2.45) is 17.8 Å². The number of esters is 1. The molecule has 2 aromatic carbocycles. The smallest absolute Gasteiger partial charge is 0.313 e. The van der Waals surface area contributed by atoms with Gasteiger partial charge in [0, 0.05) is 30.8 Å². The van der Waals surface area contributed by atoms with Crippen LogP contribution >= 0.6 is 11.6 Å². The van der Waals surface area contributed by atoms with Crippen molar-refractivity contribution >= 4 is 41.0 Å². The van der Waals surface area contributed by atoms with E-state index in [1.54, 1.807) is 60.7 Å². The summed E-state index contributed by atoms with van der Waals surface area (Å²) in [6.07, 6.45) is 3.05. The Kier molecular flexibility index (Phi) is 12.4. The van der Waals surface area contributed by atoms with E-state index in [1.165, 1.54) is 16.9 Å². The average molecular weight is 722 g/mol. The first-order valence-corrected chi connectivity index (χ1v) is 17.8. The SMILES string of the molecule is C=CCCC(=O)N[C@@H](COC)[C@@H](OC(=O)[C@@H]1[C@H]2C(=O)N([C@@H](CO)C(C)C)[C@H](C(=O)N(CC=C)c3ccc(Cl)cc3)[C@]23CC[C@H]1O3)c1ccccc1. The Morgan fingerprint density at radius 1 is 1.14 bits per heavy atom. The van der Waals surface area contributed by atoms with Gasteiger partial charge < -0.3 is 34.4 Å².